The van der Waals surface area contributed by atoms with Crippen LogP contribution in [0.25, 0.3) is 0 Å². The minimum absolute atomic E-state index is 0.121. The van der Waals surface area contributed by atoms with Crippen molar-refractivity contribution in [3.05, 3.63) is 60.2 Å². The van der Waals surface area contributed by atoms with Crippen LogP contribution in [0.15, 0.2) is 54.6 Å². The summed E-state index contributed by atoms with van der Waals surface area (Å²) in [7, 11) is -1.91. The second-order valence-electron chi connectivity index (χ2n) is 9.31. The van der Waals surface area contributed by atoms with E-state index in [4.69, 9.17) is 4.74 Å². The Balaban J connectivity index is 1.70. The summed E-state index contributed by atoms with van der Waals surface area (Å²) in [6.45, 7) is 2.20. The molecule has 0 unspecified atom stereocenters. The summed E-state index contributed by atoms with van der Waals surface area (Å²) in [5.74, 6) is 0.359. The molecule has 196 valence electrons. The fourth-order valence-corrected chi connectivity index (χ4v) is 5.47. The molecule has 2 aromatic carbocycles. The number of benzene rings is 2. The number of hydrogen-bond donors (Lipinski definition) is 1. The van der Waals surface area contributed by atoms with Gasteiger partial charge in [0, 0.05) is 25.6 Å². The van der Waals surface area contributed by atoms with E-state index in [1.807, 2.05) is 30.3 Å². The van der Waals surface area contributed by atoms with Crippen molar-refractivity contribution in [1.29, 1.82) is 0 Å². The van der Waals surface area contributed by atoms with Crippen LogP contribution >= 0.6 is 0 Å². The molecule has 2 aromatic rings. The fraction of sp³-hybridized carbons (Fsp3) is 0.481. The Morgan fingerprint density at radius 1 is 1.06 bits per heavy atom. The lowest BCUT2D eigenvalue weighted by molar-refractivity contribution is -0.141. The van der Waals surface area contributed by atoms with Crippen LogP contribution in [-0.2, 0) is 26.2 Å². The maximum atomic E-state index is 13.4. The molecule has 1 aliphatic carbocycles. The standard InChI is InChI=1S/C27H37N3O5S/c1-21(27(32)28-23-10-7-8-11-23)29(20-22-15-17-25(35-2)18-16-22)26(31)14-9-19-30(36(3,33)34)24-12-5-4-6-13-24/h4-6,12-13,15-18,21,23H,7-11,14,19-20H2,1-3H3,(H,28,32)/t21-/m0/s1. The third-order valence-electron chi connectivity index (χ3n) is 6.58. The third-order valence-corrected chi connectivity index (χ3v) is 7.77. The Labute approximate surface area is 214 Å². The van der Waals surface area contributed by atoms with Crippen LogP contribution < -0.4 is 14.4 Å². The van der Waals surface area contributed by atoms with Crippen LogP contribution in [-0.4, -0.2) is 57.1 Å². The van der Waals surface area contributed by atoms with E-state index in [0.29, 0.717) is 17.9 Å². The molecule has 36 heavy (non-hydrogen) atoms. The molecule has 0 aromatic heterocycles. The second kappa shape index (κ2) is 12.8. The van der Waals surface area contributed by atoms with Crippen LogP contribution in [0.4, 0.5) is 5.69 Å². The largest absolute Gasteiger partial charge is 0.497 e. The van der Waals surface area contributed by atoms with E-state index < -0.39 is 16.1 Å². The molecule has 2 amide bonds. The van der Waals surface area contributed by atoms with Gasteiger partial charge in [-0.3, -0.25) is 13.9 Å². The highest BCUT2D eigenvalue weighted by Gasteiger charge is 2.28. The first-order chi connectivity index (χ1) is 17.2. The van der Waals surface area contributed by atoms with E-state index in [2.05, 4.69) is 5.32 Å². The van der Waals surface area contributed by atoms with Gasteiger partial charge in [-0.2, -0.15) is 0 Å². The average Bonchev–Trinajstić information content (AvgIpc) is 3.37. The first kappa shape index (κ1) is 27.5. The Kier molecular flexibility index (Phi) is 9.75. The Morgan fingerprint density at radius 3 is 2.28 bits per heavy atom. The lowest BCUT2D eigenvalue weighted by atomic mass is 10.1. The number of anilines is 1. The molecular weight excluding hydrogens is 478 g/mol. The van der Waals surface area contributed by atoms with E-state index in [1.165, 1.54) is 4.31 Å². The summed E-state index contributed by atoms with van der Waals surface area (Å²) in [6.07, 6.45) is 5.75. The highest BCUT2D eigenvalue weighted by Crippen LogP contribution is 2.21. The molecule has 0 spiro atoms. The number of ether oxygens (including phenoxy) is 1. The molecule has 1 atom stereocenters. The van der Waals surface area contributed by atoms with Crippen molar-refractivity contribution in [2.45, 2.75) is 64.1 Å². The monoisotopic (exact) mass is 515 g/mol. The van der Waals surface area contributed by atoms with Gasteiger partial charge in [-0.1, -0.05) is 43.2 Å². The molecule has 0 saturated heterocycles. The maximum Gasteiger partial charge on any atom is 0.242 e. The topological polar surface area (TPSA) is 96.0 Å². The molecule has 8 nitrogen and oxygen atoms in total. The maximum absolute atomic E-state index is 13.4. The molecule has 1 fully saturated rings. The summed E-state index contributed by atoms with van der Waals surface area (Å²) in [5.41, 5.74) is 1.44. The van der Waals surface area contributed by atoms with Gasteiger partial charge in [0.25, 0.3) is 0 Å². The molecule has 0 bridgehead atoms. The fourth-order valence-electron chi connectivity index (χ4n) is 4.50. The van der Waals surface area contributed by atoms with Gasteiger partial charge < -0.3 is 15.0 Å². The van der Waals surface area contributed by atoms with Crippen molar-refractivity contribution in [1.82, 2.24) is 10.2 Å². The van der Waals surface area contributed by atoms with Crippen molar-refractivity contribution in [2.75, 3.05) is 24.2 Å². The van der Waals surface area contributed by atoms with Crippen molar-refractivity contribution >= 4 is 27.5 Å². The number of sulfonamides is 1. The highest BCUT2D eigenvalue weighted by molar-refractivity contribution is 7.92. The van der Waals surface area contributed by atoms with Crippen LogP contribution in [0.3, 0.4) is 0 Å². The number of nitrogens with zero attached hydrogens (tertiary/aromatic N) is 2. The summed E-state index contributed by atoms with van der Waals surface area (Å²) < 4.78 is 31.3. The lowest BCUT2D eigenvalue weighted by Crippen LogP contribution is -2.49. The van der Waals surface area contributed by atoms with Crippen molar-refractivity contribution in [3.8, 4) is 5.75 Å². The minimum Gasteiger partial charge on any atom is -0.497 e. The molecule has 3 rings (SSSR count). The zero-order valence-corrected chi connectivity index (χ0v) is 22.2. The van der Waals surface area contributed by atoms with Gasteiger partial charge in [0.2, 0.25) is 21.8 Å². The Morgan fingerprint density at radius 2 is 1.69 bits per heavy atom. The summed E-state index contributed by atoms with van der Waals surface area (Å²) >= 11 is 0. The van der Waals surface area contributed by atoms with Crippen molar-refractivity contribution in [2.24, 2.45) is 0 Å². The van der Waals surface area contributed by atoms with Gasteiger partial charge in [0.15, 0.2) is 0 Å². The molecule has 1 saturated carbocycles. The van der Waals surface area contributed by atoms with Gasteiger partial charge in [-0.05, 0) is 56.0 Å². The zero-order chi connectivity index (χ0) is 26.1. The van der Waals surface area contributed by atoms with Crippen LogP contribution in [0.5, 0.6) is 5.75 Å². The third kappa shape index (κ3) is 7.71. The molecule has 9 heteroatoms. The first-order valence-electron chi connectivity index (χ1n) is 12.4. The summed E-state index contributed by atoms with van der Waals surface area (Å²) in [4.78, 5) is 28.0. The molecule has 0 aliphatic heterocycles. The quantitative estimate of drug-likeness (QED) is 0.465. The lowest BCUT2D eigenvalue weighted by Gasteiger charge is -2.30. The average molecular weight is 516 g/mol. The predicted molar refractivity (Wildman–Crippen MR) is 141 cm³/mol. The van der Waals surface area contributed by atoms with Crippen LogP contribution in [0.1, 0.15) is 51.0 Å². The molecule has 1 aliphatic rings. The number of methoxy groups -OCH3 is 1. The number of carbonyl (C=O) groups is 2. The number of carbonyl (C=O) groups excluding carboxylic acids is 2. The SMILES string of the molecule is COc1ccc(CN(C(=O)CCCN(c2ccccc2)S(C)(=O)=O)[C@@H](C)C(=O)NC2CCCC2)cc1. The molecule has 0 radical (unpaired) electrons. The molecule has 1 N–H and O–H groups in total. The number of amides is 2. The normalized spacial score (nSPS) is 14.8. The predicted octanol–water partition coefficient (Wildman–Crippen LogP) is 3.72. The smallest absolute Gasteiger partial charge is 0.242 e. The van der Waals surface area contributed by atoms with E-state index in [9.17, 15) is 18.0 Å². The minimum atomic E-state index is -3.50. The number of nitrogens with one attached hydrogen (secondary N) is 1. The number of para-hydroxylation sites is 1. The molecular formula is C27H37N3O5S. The van der Waals surface area contributed by atoms with Crippen LogP contribution in [0.2, 0.25) is 0 Å². The van der Waals surface area contributed by atoms with Gasteiger partial charge in [0.05, 0.1) is 19.1 Å². The highest BCUT2D eigenvalue weighted by atomic mass is 32.2. The second-order valence-corrected chi connectivity index (χ2v) is 11.2. The van der Waals surface area contributed by atoms with Crippen molar-refractivity contribution in [3.63, 3.8) is 0 Å². The van der Waals surface area contributed by atoms with E-state index in [0.717, 1.165) is 37.5 Å². The zero-order valence-electron chi connectivity index (χ0n) is 21.4. The van der Waals surface area contributed by atoms with E-state index in [1.54, 1.807) is 43.2 Å². The van der Waals surface area contributed by atoms with E-state index in [-0.39, 0.29) is 37.4 Å². The van der Waals surface area contributed by atoms with Gasteiger partial charge in [0.1, 0.15) is 11.8 Å². The number of rotatable bonds is 12. The van der Waals surface area contributed by atoms with E-state index >= 15 is 0 Å². The summed E-state index contributed by atoms with van der Waals surface area (Å²) in [6, 6.07) is 15.7. The Hall–Kier alpha value is -3.07. The Bertz CT molecular complexity index is 1100. The van der Waals surface area contributed by atoms with Gasteiger partial charge >= 0.3 is 0 Å². The van der Waals surface area contributed by atoms with Crippen LogP contribution in [0, 0.1) is 0 Å². The van der Waals surface area contributed by atoms with Gasteiger partial charge in [-0.15, -0.1) is 0 Å². The van der Waals surface area contributed by atoms with Crippen molar-refractivity contribution < 1.29 is 22.7 Å². The summed E-state index contributed by atoms with van der Waals surface area (Å²) in [5, 5.41) is 3.09. The first-order valence-corrected chi connectivity index (χ1v) is 14.3. The van der Waals surface area contributed by atoms with Gasteiger partial charge in [-0.25, -0.2) is 8.42 Å². The number of hydrogen-bond acceptors (Lipinski definition) is 5. The molecule has 0 heterocycles.